The van der Waals surface area contributed by atoms with Crippen LogP contribution >= 0.6 is 0 Å². The first-order chi connectivity index (χ1) is 10.3. The first-order valence-electron chi connectivity index (χ1n) is 6.76. The lowest BCUT2D eigenvalue weighted by atomic mass is 10.2. The average molecular weight is 280 g/mol. The minimum absolute atomic E-state index is 0.108. The number of nitrogens with two attached hydrogens (primary N) is 1. The van der Waals surface area contributed by atoms with Gasteiger partial charge in [-0.1, -0.05) is 30.3 Å². The number of carbonyl (C=O) groups excluding carboxylic acids is 1. The van der Waals surface area contributed by atoms with Gasteiger partial charge >= 0.3 is 0 Å². The lowest BCUT2D eigenvalue weighted by molar-refractivity contribution is 0.0950. The quantitative estimate of drug-likeness (QED) is 0.764. The summed E-state index contributed by atoms with van der Waals surface area (Å²) >= 11 is 0. The van der Waals surface area contributed by atoms with Gasteiger partial charge in [0, 0.05) is 25.5 Å². The van der Waals surface area contributed by atoms with Gasteiger partial charge in [0.15, 0.2) is 0 Å². The fourth-order valence-corrected chi connectivity index (χ4v) is 2.16. The molecule has 2 aromatic heterocycles. The van der Waals surface area contributed by atoms with Gasteiger partial charge in [0.2, 0.25) is 0 Å². The number of amides is 1. The van der Waals surface area contributed by atoms with Crippen molar-refractivity contribution in [1.82, 2.24) is 14.7 Å². The third kappa shape index (κ3) is 2.93. The molecular formula is C16H16N4O. The molecule has 0 radical (unpaired) electrons. The van der Waals surface area contributed by atoms with Crippen LogP contribution in [0.2, 0.25) is 0 Å². The highest BCUT2D eigenvalue weighted by atomic mass is 16.1. The normalized spacial score (nSPS) is 10.7. The smallest absolute Gasteiger partial charge is 0.253 e. The molecule has 0 atom stereocenters. The molecule has 2 heterocycles. The van der Waals surface area contributed by atoms with Gasteiger partial charge in [-0.05, 0) is 17.7 Å². The Bertz CT molecular complexity index is 764. The van der Waals surface area contributed by atoms with Crippen LogP contribution in [-0.2, 0) is 13.1 Å². The summed E-state index contributed by atoms with van der Waals surface area (Å²) in [6.45, 7) is 0.896. The third-order valence-corrected chi connectivity index (χ3v) is 3.27. The standard InChI is InChI=1S/C16H16N4O/c17-8-14-11-20-10-13(6-7-15(20)19-14)16(21)18-9-12-4-2-1-3-5-12/h1-7,10-11H,8-9,17H2,(H,18,21). The van der Waals surface area contributed by atoms with Crippen molar-refractivity contribution >= 4 is 11.6 Å². The number of imidazole rings is 1. The molecule has 5 nitrogen and oxygen atoms in total. The van der Waals surface area contributed by atoms with E-state index in [1.54, 1.807) is 12.3 Å². The Morgan fingerprint density at radius 1 is 1.14 bits per heavy atom. The second-order valence-electron chi connectivity index (χ2n) is 4.79. The highest BCUT2D eigenvalue weighted by Gasteiger charge is 2.07. The van der Waals surface area contributed by atoms with E-state index in [0.29, 0.717) is 18.7 Å². The third-order valence-electron chi connectivity index (χ3n) is 3.27. The Hall–Kier alpha value is -2.66. The highest BCUT2D eigenvalue weighted by Crippen LogP contribution is 2.08. The molecule has 1 amide bonds. The van der Waals surface area contributed by atoms with Crippen molar-refractivity contribution in [1.29, 1.82) is 0 Å². The van der Waals surface area contributed by atoms with E-state index < -0.39 is 0 Å². The number of fused-ring (bicyclic) bond motifs is 1. The number of rotatable bonds is 4. The number of aromatic nitrogens is 2. The van der Waals surface area contributed by atoms with Crippen molar-refractivity contribution in [3.63, 3.8) is 0 Å². The summed E-state index contributed by atoms with van der Waals surface area (Å²) in [4.78, 5) is 16.5. The summed E-state index contributed by atoms with van der Waals surface area (Å²) in [6, 6.07) is 13.4. The molecule has 0 aliphatic carbocycles. The van der Waals surface area contributed by atoms with Crippen molar-refractivity contribution in [2.45, 2.75) is 13.1 Å². The molecule has 1 aromatic carbocycles. The molecule has 5 heteroatoms. The van der Waals surface area contributed by atoms with Gasteiger partial charge in [-0.25, -0.2) is 4.98 Å². The lowest BCUT2D eigenvalue weighted by Crippen LogP contribution is -2.23. The summed E-state index contributed by atoms with van der Waals surface area (Å²) in [7, 11) is 0. The van der Waals surface area contributed by atoms with E-state index in [9.17, 15) is 4.79 Å². The molecule has 3 N–H and O–H groups in total. The van der Waals surface area contributed by atoms with Gasteiger partial charge in [0.1, 0.15) is 5.65 Å². The Kier molecular flexibility index (Phi) is 3.66. The molecule has 0 saturated carbocycles. The van der Waals surface area contributed by atoms with Crippen LogP contribution in [0.3, 0.4) is 0 Å². The predicted molar refractivity (Wildman–Crippen MR) is 80.7 cm³/mol. The van der Waals surface area contributed by atoms with E-state index in [-0.39, 0.29) is 5.91 Å². The Morgan fingerprint density at radius 3 is 2.71 bits per heavy atom. The van der Waals surface area contributed by atoms with Crippen molar-refractivity contribution in [3.05, 3.63) is 71.7 Å². The fourth-order valence-electron chi connectivity index (χ4n) is 2.16. The second kappa shape index (κ2) is 5.76. The highest BCUT2D eigenvalue weighted by molar-refractivity contribution is 5.94. The van der Waals surface area contributed by atoms with Crippen molar-refractivity contribution < 1.29 is 4.79 Å². The molecule has 0 spiro atoms. The van der Waals surface area contributed by atoms with Gasteiger partial charge in [0.05, 0.1) is 11.3 Å². The maximum absolute atomic E-state index is 12.2. The predicted octanol–water partition coefficient (Wildman–Crippen LogP) is 1.72. The van der Waals surface area contributed by atoms with E-state index in [0.717, 1.165) is 16.9 Å². The van der Waals surface area contributed by atoms with Crippen LogP contribution in [0.4, 0.5) is 0 Å². The molecule has 0 aliphatic rings. The topological polar surface area (TPSA) is 72.4 Å². The molecular weight excluding hydrogens is 264 g/mol. The summed E-state index contributed by atoms with van der Waals surface area (Å²) in [5.74, 6) is -0.108. The molecule has 0 fully saturated rings. The summed E-state index contributed by atoms with van der Waals surface area (Å²) in [6.07, 6.45) is 3.60. The van der Waals surface area contributed by atoms with Crippen molar-refractivity contribution in [2.24, 2.45) is 5.73 Å². The van der Waals surface area contributed by atoms with Gasteiger partial charge in [0.25, 0.3) is 5.91 Å². The molecule has 0 saturated heterocycles. The largest absolute Gasteiger partial charge is 0.348 e. The van der Waals surface area contributed by atoms with Crippen molar-refractivity contribution in [3.8, 4) is 0 Å². The van der Waals surface area contributed by atoms with Crippen LogP contribution in [0.25, 0.3) is 5.65 Å². The van der Waals surface area contributed by atoms with Crippen LogP contribution in [-0.4, -0.2) is 15.3 Å². The first-order valence-corrected chi connectivity index (χ1v) is 6.76. The Balaban J connectivity index is 1.75. The second-order valence-corrected chi connectivity index (χ2v) is 4.79. The molecule has 106 valence electrons. The Labute approximate surface area is 122 Å². The number of pyridine rings is 1. The number of nitrogens with one attached hydrogen (secondary N) is 1. The molecule has 3 rings (SSSR count). The van der Waals surface area contributed by atoms with Gasteiger partial charge in [-0.2, -0.15) is 0 Å². The van der Waals surface area contributed by atoms with E-state index in [1.807, 2.05) is 47.0 Å². The lowest BCUT2D eigenvalue weighted by Gasteiger charge is -2.05. The molecule has 0 unspecified atom stereocenters. The van der Waals surface area contributed by atoms with Gasteiger partial charge in [-0.15, -0.1) is 0 Å². The summed E-state index contributed by atoms with van der Waals surface area (Å²) < 4.78 is 1.82. The SMILES string of the molecule is NCc1cn2cc(C(=O)NCc3ccccc3)ccc2n1. The zero-order valence-corrected chi connectivity index (χ0v) is 11.5. The molecule has 21 heavy (non-hydrogen) atoms. The number of hydrogen-bond acceptors (Lipinski definition) is 3. The average Bonchev–Trinajstić information content (AvgIpc) is 2.95. The van der Waals surface area contributed by atoms with Crippen LogP contribution in [0.1, 0.15) is 21.6 Å². The Morgan fingerprint density at radius 2 is 1.95 bits per heavy atom. The number of nitrogens with zero attached hydrogens (tertiary/aromatic N) is 2. The van der Waals surface area contributed by atoms with Crippen LogP contribution in [0.15, 0.2) is 54.9 Å². The van der Waals surface area contributed by atoms with Crippen LogP contribution in [0, 0.1) is 0 Å². The first kappa shape index (κ1) is 13.3. The monoisotopic (exact) mass is 280 g/mol. The molecule has 0 aliphatic heterocycles. The minimum atomic E-state index is -0.108. The fraction of sp³-hybridized carbons (Fsp3) is 0.125. The van der Waals surface area contributed by atoms with E-state index in [4.69, 9.17) is 5.73 Å². The minimum Gasteiger partial charge on any atom is -0.348 e. The number of carbonyl (C=O) groups is 1. The van der Waals surface area contributed by atoms with Gasteiger partial charge < -0.3 is 15.5 Å². The van der Waals surface area contributed by atoms with Gasteiger partial charge in [-0.3, -0.25) is 4.79 Å². The van der Waals surface area contributed by atoms with E-state index in [1.165, 1.54) is 0 Å². The summed E-state index contributed by atoms with van der Waals surface area (Å²) in [5.41, 5.74) is 8.82. The van der Waals surface area contributed by atoms with E-state index in [2.05, 4.69) is 10.3 Å². The van der Waals surface area contributed by atoms with Crippen LogP contribution < -0.4 is 11.1 Å². The zero-order chi connectivity index (χ0) is 14.7. The zero-order valence-electron chi connectivity index (χ0n) is 11.5. The molecule has 3 aromatic rings. The number of benzene rings is 1. The maximum Gasteiger partial charge on any atom is 0.253 e. The maximum atomic E-state index is 12.2. The van der Waals surface area contributed by atoms with Crippen molar-refractivity contribution in [2.75, 3.05) is 0 Å². The van der Waals surface area contributed by atoms with Crippen LogP contribution in [0.5, 0.6) is 0 Å². The molecule has 0 bridgehead atoms. The van der Waals surface area contributed by atoms with E-state index >= 15 is 0 Å². The summed E-state index contributed by atoms with van der Waals surface area (Å²) in [5, 5.41) is 2.90. The number of hydrogen-bond donors (Lipinski definition) is 2.